The predicted molar refractivity (Wildman–Crippen MR) is 50.6 cm³/mol. The van der Waals surface area contributed by atoms with E-state index >= 15 is 0 Å². The molecule has 1 aliphatic rings. The summed E-state index contributed by atoms with van der Waals surface area (Å²) in [5, 5.41) is 0. The fraction of sp³-hybridized carbons (Fsp3) is 0.600. The van der Waals surface area contributed by atoms with Crippen molar-refractivity contribution >= 4 is 0 Å². The minimum absolute atomic E-state index is 0.0375. The van der Waals surface area contributed by atoms with Crippen LogP contribution in [-0.2, 0) is 0 Å². The molecule has 2 unspecified atom stereocenters. The molecule has 0 bridgehead atoms. The lowest BCUT2D eigenvalue weighted by molar-refractivity contribution is 0.584. The summed E-state index contributed by atoms with van der Waals surface area (Å²) in [6, 6.07) is 1.46. The zero-order chi connectivity index (χ0) is 9.26. The van der Waals surface area contributed by atoms with E-state index in [1.54, 1.807) is 6.20 Å². The van der Waals surface area contributed by atoms with E-state index in [1.165, 1.54) is 12.5 Å². The molecule has 0 spiro atoms. The van der Waals surface area contributed by atoms with Crippen molar-refractivity contribution in [3.05, 3.63) is 28.4 Å². The molecule has 1 aromatic heterocycles. The van der Waals surface area contributed by atoms with Crippen molar-refractivity contribution in [3.63, 3.8) is 0 Å². The maximum absolute atomic E-state index is 11.0. The number of H-pyrrole nitrogens is 1. The van der Waals surface area contributed by atoms with Gasteiger partial charge in [0.05, 0.1) is 0 Å². The van der Waals surface area contributed by atoms with Crippen LogP contribution in [-0.4, -0.2) is 9.97 Å². The first kappa shape index (κ1) is 8.48. The van der Waals surface area contributed by atoms with E-state index in [9.17, 15) is 4.79 Å². The van der Waals surface area contributed by atoms with Gasteiger partial charge in [-0.05, 0) is 25.2 Å². The summed E-state index contributed by atoms with van der Waals surface area (Å²) in [4.78, 5) is 18.0. The second-order valence-corrected chi connectivity index (χ2v) is 3.93. The molecule has 1 saturated carbocycles. The van der Waals surface area contributed by atoms with Crippen LogP contribution in [0, 0.1) is 5.92 Å². The summed E-state index contributed by atoms with van der Waals surface area (Å²) < 4.78 is 0. The van der Waals surface area contributed by atoms with Gasteiger partial charge in [0.25, 0.3) is 5.56 Å². The third-order valence-corrected chi connectivity index (χ3v) is 2.77. The standard InChI is InChI=1S/C10H14N2O/c1-7-2-3-8(6-7)10-11-5-4-9(13)12-10/h4-5,7-8H,2-3,6H2,1H3,(H,11,12,13). The first-order valence-corrected chi connectivity index (χ1v) is 4.81. The molecule has 0 amide bonds. The van der Waals surface area contributed by atoms with Crippen LogP contribution < -0.4 is 5.56 Å². The summed E-state index contributed by atoms with van der Waals surface area (Å²) in [6.07, 6.45) is 5.17. The van der Waals surface area contributed by atoms with Crippen LogP contribution in [0.1, 0.15) is 37.9 Å². The Hall–Kier alpha value is -1.12. The second kappa shape index (κ2) is 3.32. The maximum Gasteiger partial charge on any atom is 0.250 e. The highest BCUT2D eigenvalue weighted by Gasteiger charge is 2.24. The molecule has 70 valence electrons. The van der Waals surface area contributed by atoms with Crippen LogP contribution in [0.3, 0.4) is 0 Å². The molecule has 0 saturated heterocycles. The van der Waals surface area contributed by atoms with E-state index in [0.29, 0.717) is 5.92 Å². The number of hydrogen-bond acceptors (Lipinski definition) is 2. The molecule has 0 aromatic carbocycles. The minimum atomic E-state index is -0.0375. The molecular weight excluding hydrogens is 164 g/mol. The van der Waals surface area contributed by atoms with Gasteiger partial charge in [0.1, 0.15) is 5.82 Å². The predicted octanol–water partition coefficient (Wildman–Crippen LogP) is 1.67. The van der Waals surface area contributed by atoms with Crippen molar-refractivity contribution in [2.24, 2.45) is 5.92 Å². The molecule has 1 heterocycles. The zero-order valence-electron chi connectivity index (χ0n) is 7.79. The lowest BCUT2D eigenvalue weighted by Gasteiger charge is -2.06. The summed E-state index contributed by atoms with van der Waals surface area (Å²) in [5.74, 6) is 2.12. The highest BCUT2D eigenvalue weighted by molar-refractivity contribution is 5.00. The van der Waals surface area contributed by atoms with Crippen LogP contribution in [0.15, 0.2) is 17.1 Å². The van der Waals surface area contributed by atoms with Gasteiger partial charge in [0.2, 0.25) is 0 Å². The fourth-order valence-corrected chi connectivity index (χ4v) is 2.05. The van der Waals surface area contributed by atoms with Gasteiger partial charge in [-0.3, -0.25) is 4.79 Å². The highest BCUT2D eigenvalue weighted by Crippen LogP contribution is 2.35. The average molecular weight is 178 g/mol. The maximum atomic E-state index is 11.0. The van der Waals surface area contributed by atoms with E-state index in [0.717, 1.165) is 24.6 Å². The summed E-state index contributed by atoms with van der Waals surface area (Å²) in [5.41, 5.74) is -0.0375. The molecule has 2 rings (SSSR count). The SMILES string of the molecule is CC1CCC(c2nccc(=O)[nH]2)C1. The third kappa shape index (κ3) is 1.79. The van der Waals surface area contributed by atoms with Crippen molar-refractivity contribution < 1.29 is 0 Å². The Labute approximate surface area is 77.2 Å². The van der Waals surface area contributed by atoms with Gasteiger partial charge >= 0.3 is 0 Å². The molecule has 0 aliphatic heterocycles. The number of rotatable bonds is 1. The van der Waals surface area contributed by atoms with Crippen LogP contribution in [0.25, 0.3) is 0 Å². The van der Waals surface area contributed by atoms with Gasteiger partial charge in [-0.1, -0.05) is 6.92 Å². The Balaban J connectivity index is 2.21. The van der Waals surface area contributed by atoms with Crippen LogP contribution in [0.5, 0.6) is 0 Å². The summed E-state index contributed by atoms with van der Waals surface area (Å²) >= 11 is 0. The molecule has 1 fully saturated rings. The van der Waals surface area contributed by atoms with E-state index in [-0.39, 0.29) is 5.56 Å². The van der Waals surface area contributed by atoms with Crippen molar-refractivity contribution in [3.8, 4) is 0 Å². The van der Waals surface area contributed by atoms with Gasteiger partial charge < -0.3 is 4.98 Å². The first-order chi connectivity index (χ1) is 6.25. The van der Waals surface area contributed by atoms with E-state index < -0.39 is 0 Å². The molecule has 1 aliphatic carbocycles. The second-order valence-electron chi connectivity index (χ2n) is 3.93. The van der Waals surface area contributed by atoms with Gasteiger partial charge in [0.15, 0.2) is 0 Å². The van der Waals surface area contributed by atoms with Crippen molar-refractivity contribution in [2.75, 3.05) is 0 Å². The summed E-state index contributed by atoms with van der Waals surface area (Å²) in [6.45, 7) is 2.25. The topological polar surface area (TPSA) is 45.8 Å². The van der Waals surface area contributed by atoms with Crippen molar-refractivity contribution in [1.29, 1.82) is 0 Å². The molecular formula is C10H14N2O. The van der Waals surface area contributed by atoms with Gasteiger partial charge in [0, 0.05) is 18.2 Å². The quantitative estimate of drug-likeness (QED) is 0.711. The van der Waals surface area contributed by atoms with Crippen LogP contribution in [0.4, 0.5) is 0 Å². The minimum Gasteiger partial charge on any atom is -0.310 e. The lowest BCUT2D eigenvalue weighted by Crippen LogP contribution is -2.11. The summed E-state index contributed by atoms with van der Waals surface area (Å²) in [7, 11) is 0. The van der Waals surface area contributed by atoms with Crippen molar-refractivity contribution in [2.45, 2.75) is 32.1 Å². The van der Waals surface area contributed by atoms with E-state index in [4.69, 9.17) is 0 Å². The Morgan fingerprint density at radius 2 is 2.38 bits per heavy atom. The Kier molecular flexibility index (Phi) is 2.17. The molecule has 2 atom stereocenters. The number of nitrogens with zero attached hydrogens (tertiary/aromatic N) is 1. The molecule has 1 N–H and O–H groups in total. The molecule has 13 heavy (non-hydrogen) atoms. The molecule has 0 radical (unpaired) electrons. The van der Waals surface area contributed by atoms with Crippen LogP contribution in [0.2, 0.25) is 0 Å². The monoisotopic (exact) mass is 178 g/mol. The fourth-order valence-electron chi connectivity index (χ4n) is 2.05. The number of aromatic nitrogens is 2. The lowest BCUT2D eigenvalue weighted by atomic mass is 10.1. The van der Waals surface area contributed by atoms with E-state index in [1.807, 2.05) is 0 Å². The van der Waals surface area contributed by atoms with Gasteiger partial charge in [-0.25, -0.2) is 4.98 Å². The average Bonchev–Trinajstić information content (AvgIpc) is 2.52. The van der Waals surface area contributed by atoms with E-state index in [2.05, 4.69) is 16.9 Å². The van der Waals surface area contributed by atoms with Gasteiger partial charge in [-0.2, -0.15) is 0 Å². The smallest absolute Gasteiger partial charge is 0.250 e. The number of hydrogen-bond donors (Lipinski definition) is 1. The Morgan fingerprint density at radius 3 is 3.00 bits per heavy atom. The van der Waals surface area contributed by atoms with Crippen LogP contribution >= 0.6 is 0 Å². The third-order valence-electron chi connectivity index (χ3n) is 2.77. The number of aromatic amines is 1. The molecule has 1 aromatic rings. The largest absolute Gasteiger partial charge is 0.310 e. The normalized spacial score (nSPS) is 27.8. The zero-order valence-corrected chi connectivity index (χ0v) is 7.79. The van der Waals surface area contributed by atoms with Gasteiger partial charge in [-0.15, -0.1) is 0 Å². The number of nitrogens with one attached hydrogen (secondary N) is 1. The first-order valence-electron chi connectivity index (χ1n) is 4.81. The Bertz CT molecular complexity index is 345. The molecule has 3 heteroatoms. The van der Waals surface area contributed by atoms with Crippen molar-refractivity contribution in [1.82, 2.24) is 9.97 Å². The highest BCUT2D eigenvalue weighted by atomic mass is 16.1. The molecule has 3 nitrogen and oxygen atoms in total. The Morgan fingerprint density at radius 1 is 1.54 bits per heavy atom.